The van der Waals surface area contributed by atoms with Crippen molar-refractivity contribution in [1.29, 1.82) is 0 Å². The first-order valence-electron chi connectivity index (χ1n) is 10.6. The highest BCUT2D eigenvalue weighted by atomic mass is 32.2. The minimum absolute atomic E-state index is 0.00633. The molecule has 0 unspecified atom stereocenters. The molecule has 190 valence electrons. The van der Waals surface area contributed by atoms with Crippen molar-refractivity contribution < 1.29 is 27.6 Å². The predicted molar refractivity (Wildman–Crippen MR) is 137 cm³/mol. The Labute approximate surface area is 208 Å². The molecule has 0 heterocycles. The topological polar surface area (TPSA) is 141 Å². The predicted octanol–water partition coefficient (Wildman–Crippen LogP) is 4.48. The second kappa shape index (κ2) is 11.0. The summed E-state index contributed by atoms with van der Waals surface area (Å²) in [6.07, 6.45) is 1.37. The van der Waals surface area contributed by atoms with Crippen LogP contribution in [-0.2, 0) is 10.0 Å². The maximum absolute atomic E-state index is 12.9. The molecule has 3 aromatic carbocycles. The normalized spacial score (nSPS) is 11.2. The number of hydrogen-bond acceptors (Lipinski definition) is 9. The monoisotopic (exact) mass is 514 g/mol. The van der Waals surface area contributed by atoms with Crippen molar-refractivity contribution in [2.45, 2.75) is 18.7 Å². The molecule has 3 aromatic rings. The summed E-state index contributed by atoms with van der Waals surface area (Å²) in [7, 11) is 0.364. The van der Waals surface area contributed by atoms with E-state index in [1.807, 2.05) is 13.0 Å². The van der Waals surface area contributed by atoms with Gasteiger partial charge in [-0.3, -0.25) is 20.3 Å². The van der Waals surface area contributed by atoms with E-state index in [0.717, 1.165) is 17.2 Å². The van der Waals surface area contributed by atoms with E-state index in [4.69, 9.17) is 14.2 Å². The number of nitrogens with one attached hydrogen (secondary N) is 2. The number of sulfonamides is 1. The molecule has 3 rings (SSSR count). The van der Waals surface area contributed by atoms with Gasteiger partial charge in [0.05, 0.1) is 48.6 Å². The van der Waals surface area contributed by atoms with Crippen LogP contribution in [-0.4, -0.2) is 40.9 Å². The molecule has 0 amide bonds. The van der Waals surface area contributed by atoms with Crippen LogP contribution in [0.2, 0.25) is 0 Å². The van der Waals surface area contributed by atoms with Gasteiger partial charge in [-0.2, -0.15) is 5.10 Å². The number of benzene rings is 3. The molecule has 11 nitrogen and oxygen atoms in total. The van der Waals surface area contributed by atoms with E-state index < -0.39 is 20.6 Å². The lowest BCUT2D eigenvalue weighted by Gasteiger charge is -2.12. The molecular formula is C24H26N4O7S. The van der Waals surface area contributed by atoms with Gasteiger partial charge in [0, 0.05) is 18.2 Å². The summed E-state index contributed by atoms with van der Waals surface area (Å²) in [4.78, 5) is 10.7. The highest BCUT2D eigenvalue weighted by Gasteiger charge is 2.22. The van der Waals surface area contributed by atoms with E-state index in [-0.39, 0.29) is 10.6 Å². The summed E-state index contributed by atoms with van der Waals surface area (Å²) < 4.78 is 44.2. The van der Waals surface area contributed by atoms with Gasteiger partial charge in [0.1, 0.15) is 22.9 Å². The van der Waals surface area contributed by atoms with Crippen LogP contribution in [0.4, 0.5) is 17.1 Å². The number of nitro groups is 1. The number of hydrazone groups is 1. The quantitative estimate of drug-likeness (QED) is 0.229. The molecule has 0 fully saturated rings. The van der Waals surface area contributed by atoms with Crippen molar-refractivity contribution in [2.75, 3.05) is 31.5 Å². The largest absolute Gasteiger partial charge is 0.496 e. The van der Waals surface area contributed by atoms with Crippen LogP contribution in [0.25, 0.3) is 0 Å². The molecule has 0 atom stereocenters. The smallest absolute Gasteiger partial charge is 0.295 e. The van der Waals surface area contributed by atoms with Crippen LogP contribution in [0, 0.1) is 24.0 Å². The van der Waals surface area contributed by atoms with Crippen molar-refractivity contribution in [3.8, 4) is 17.2 Å². The fourth-order valence-electron chi connectivity index (χ4n) is 3.38. The third-order valence-electron chi connectivity index (χ3n) is 5.23. The van der Waals surface area contributed by atoms with Crippen LogP contribution in [0.3, 0.4) is 0 Å². The van der Waals surface area contributed by atoms with E-state index in [9.17, 15) is 18.5 Å². The van der Waals surface area contributed by atoms with Crippen LogP contribution in [0.5, 0.6) is 17.2 Å². The number of ether oxygens (including phenoxy) is 3. The Balaban J connectivity index is 1.90. The zero-order valence-corrected chi connectivity index (χ0v) is 21.2. The first-order chi connectivity index (χ1) is 17.1. The van der Waals surface area contributed by atoms with Gasteiger partial charge in [-0.1, -0.05) is 17.7 Å². The minimum Gasteiger partial charge on any atom is -0.496 e. The first-order valence-corrected chi connectivity index (χ1v) is 12.1. The van der Waals surface area contributed by atoms with E-state index in [2.05, 4.69) is 15.2 Å². The Morgan fingerprint density at radius 1 is 0.917 bits per heavy atom. The number of nitrogens with zero attached hydrogens (tertiary/aromatic N) is 2. The maximum Gasteiger partial charge on any atom is 0.295 e. The number of nitro benzene ring substituents is 1. The molecule has 0 aliphatic heterocycles. The molecule has 0 aromatic heterocycles. The van der Waals surface area contributed by atoms with Gasteiger partial charge in [0.2, 0.25) is 0 Å². The second-order valence-corrected chi connectivity index (χ2v) is 9.36. The fourth-order valence-corrected chi connectivity index (χ4v) is 4.53. The third-order valence-corrected chi connectivity index (χ3v) is 6.60. The molecule has 12 heteroatoms. The Kier molecular flexibility index (Phi) is 8.00. The number of rotatable bonds is 10. The molecule has 0 bridgehead atoms. The van der Waals surface area contributed by atoms with Gasteiger partial charge in [0.25, 0.3) is 15.7 Å². The first kappa shape index (κ1) is 26.3. The maximum atomic E-state index is 12.9. The summed E-state index contributed by atoms with van der Waals surface area (Å²) in [5.41, 5.74) is 4.67. The Morgan fingerprint density at radius 3 is 2.11 bits per heavy atom. The number of anilines is 2. The van der Waals surface area contributed by atoms with E-state index >= 15 is 0 Å². The second-order valence-electron chi connectivity index (χ2n) is 7.68. The minimum atomic E-state index is -4.08. The number of methoxy groups -OCH3 is 3. The van der Waals surface area contributed by atoms with Crippen molar-refractivity contribution in [3.05, 3.63) is 75.3 Å². The van der Waals surface area contributed by atoms with E-state index in [1.165, 1.54) is 39.7 Å². The lowest BCUT2D eigenvalue weighted by atomic mass is 10.1. The van der Waals surface area contributed by atoms with Crippen LogP contribution >= 0.6 is 0 Å². The van der Waals surface area contributed by atoms with Gasteiger partial charge in [-0.05, 0) is 37.6 Å². The summed E-state index contributed by atoms with van der Waals surface area (Å²) in [6, 6.07) is 12.0. The average Bonchev–Trinajstić information content (AvgIpc) is 2.85. The Bertz CT molecular complexity index is 1400. The standard InChI is InChI=1S/C24H26N4O7S/c1-15-6-8-20(16(2)10-15)27-36(31,32)18-7-9-21(22(13-18)28(29)30)26-25-14-19-23(34-4)11-17(33-3)12-24(19)35-5/h6-14,26-27H,1-5H3/b25-14+. The summed E-state index contributed by atoms with van der Waals surface area (Å²) >= 11 is 0. The lowest BCUT2D eigenvalue weighted by Crippen LogP contribution is -2.14. The number of hydrogen-bond donors (Lipinski definition) is 2. The van der Waals surface area contributed by atoms with Gasteiger partial charge in [-0.15, -0.1) is 0 Å². The Hall–Kier alpha value is -4.32. The fraction of sp³-hybridized carbons (Fsp3) is 0.208. The van der Waals surface area contributed by atoms with Crippen molar-refractivity contribution in [1.82, 2.24) is 0 Å². The zero-order valence-electron chi connectivity index (χ0n) is 20.4. The van der Waals surface area contributed by atoms with Crippen molar-refractivity contribution in [2.24, 2.45) is 5.10 Å². The molecule has 0 aliphatic rings. The van der Waals surface area contributed by atoms with Crippen LogP contribution < -0.4 is 24.4 Å². The van der Waals surface area contributed by atoms with E-state index in [1.54, 1.807) is 31.2 Å². The Morgan fingerprint density at radius 2 is 1.56 bits per heavy atom. The third kappa shape index (κ3) is 5.84. The SMILES string of the molecule is COc1cc(OC)c(/C=N/Nc2ccc(S(=O)(=O)Nc3ccc(C)cc3C)cc2[N+](=O)[O-])c(OC)c1. The van der Waals surface area contributed by atoms with Crippen LogP contribution in [0.15, 0.2) is 58.5 Å². The molecule has 0 spiro atoms. The summed E-state index contributed by atoms with van der Waals surface area (Å²) in [5, 5.41) is 15.8. The number of aryl methyl sites for hydroxylation is 2. The molecular weight excluding hydrogens is 488 g/mol. The lowest BCUT2D eigenvalue weighted by molar-refractivity contribution is -0.384. The molecule has 0 saturated carbocycles. The van der Waals surface area contributed by atoms with Gasteiger partial charge in [-0.25, -0.2) is 8.42 Å². The molecule has 0 aliphatic carbocycles. The van der Waals surface area contributed by atoms with Gasteiger partial charge < -0.3 is 14.2 Å². The van der Waals surface area contributed by atoms with Crippen molar-refractivity contribution in [3.63, 3.8) is 0 Å². The molecule has 2 N–H and O–H groups in total. The highest BCUT2D eigenvalue weighted by Crippen LogP contribution is 2.33. The molecule has 0 saturated heterocycles. The molecule has 36 heavy (non-hydrogen) atoms. The van der Waals surface area contributed by atoms with Crippen LogP contribution in [0.1, 0.15) is 16.7 Å². The summed E-state index contributed by atoms with van der Waals surface area (Å²) in [6.45, 7) is 3.66. The van der Waals surface area contributed by atoms with E-state index in [0.29, 0.717) is 28.5 Å². The van der Waals surface area contributed by atoms with Gasteiger partial charge >= 0.3 is 0 Å². The van der Waals surface area contributed by atoms with Gasteiger partial charge in [0.15, 0.2) is 0 Å². The van der Waals surface area contributed by atoms with Crippen molar-refractivity contribution >= 4 is 33.3 Å². The summed E-state index contributed by atoms with van der Waals surface area (Å²) in [5.74, 6) is 1.33. The average molecular weight is 515 g/mol. The zero-order chi connectivity index (χ0) is 26.5. The highest BCUT2D eigenvalue weighted by molar-refractivity contribution is 7.92. The molecule has 0 radical (unpaired) electrons.